The minimum absolute atomic E-state index is 0.0174. The van der Waals surface area contributed by atoms with E-state index in [1.807, 2.05) is 30.3 Å². The summed E-state index contributed by atoms with van der Waals surface area (Å²) in [4.78, 5) is 39.3. The second-order valence-electron chi connectivity index (χ2n) is 11.0. The number of alkyl halides is 3. The van der Waals surface area contributed by atoms with Crippen LogP contribution in [0.15, 0.2) is 42.9 Å². The van der Waals surface area contributed by atoms with Crippen molar-refractivity contribution in [2.75, 3.05) is 51.3 Å². The van der Waals surface area contributed by atoms with E-state index in [0.717, 1.165) is 64.7 Å². The van der Waals surface area contributed by atoms with Gasteiger partial charge in [-0.1, -0.05) is 6.07 Å². The largest absolute Gasteiger partial charge is 0.491 e. The summed E-state index contributed by atoms with van der Waals surface area (Å²) < 4.78 is 43.6. The summed E-state index contributed by atoms with van der Waals surface area (Å²) in [6.45, 7) is 5.52. The third-order valence-corrected chi connectivity index (χ3v) is 8.19. The molecule has 226 valence electrons. The maximum atomic E-state index is 12.6. The zero-order valence-electron chi connectivity index (χ0n) is 24.1. The number of halogens is 3. The van der Waals surface area contributed by atoms with Gasteiger partial charge in [0.25, 0.3) is 0 Å². The van der Waals surface area contributed by atoms with Crippen LogP contribution in [0.5, 0.6) is 5.75 Å². The number of hydrogen-bond donors (Lipinski definition) is 1. The number of anilines is 1. The van der Waals surface area contributed by atoms with Crippen LogP contribution < -0.4 is 9.64 Å². The molecule has 4 aromatic rings. The SMILES string of the molecule is COc1c(-c2ccc3nc(Cc4cc(C(C)N5CCN(C(=O)CC(F)(F)F)CC5)ccn4)[nH]c3c2)ncnc1N1CCC1. The molecule has 2 fully saturated rings. The van der Waals surface area contributed by atoms with Gasteiger partial charge in [-0.3, -0.25) is 14.7 Å². The van der Waals surface area contributed by atoms with Crippen molar-refractivity contribution < 1.29 is 22.7 Å². The van der Waals surface area contributed by atoms with Crippen molar-refractivity contribution in [2.45, 2.75) is 38.4 Å². The number of pyridine rings is 1. The number of benzene rings is 1. The molecule has 0 spiro atoms. The van der Waals surface area contributed by atoms with E-state index in [4.69, 9.17) is 9.72 Å². The zero-order chi connectivity index (χ0) is 30.1. The lowest BCUT2D eigenvalue weighted by Crippen LogP contribution is -2.50. The van der Waals surface area contributed by atoms with E-state index in [1.54, 1.807) is 19.6 Å². The number of nitrogens with zero attached hydrogens (tertiary/aromatic N) is 7. The van der Waals surface area contributed by atoms with Crippen LogP contribution in [-0.4, -0.2) is 93.2 Å². The monoisotopic (exact) mass is 594 g/mol. The smallest absolute Gasteiger partial charge is 0.397 e. The number of amides is 1. The van der Waals surface area contributed by atoms with Crippen molar-refractivity contribution in [3.63, 3.8) is 0 Å². The molecule has 0 saturated carbocycles. The molecule has 0 radical (unpaired) electrons. The summed E-state index contributed by atoms with van der Waals surface area (Å²) in [7, 11) is 1.64. The molecule has 2 aliphatic rings. The number of hydrogen-bond acceptors (Lipinski definition) is 8. The summed E-state index contributed by atoms with van der Waals surface area (Å²) in [6.07, 6.45) is -0.925. The Balaban J connectivity index is 1.14. The Morgan fingerprint density at radius 2 is 1.84 bits per heavy atom. The van der Waals surface area contributed by atoms with Gasteiger partial charge in [0, 0.05) is 69.2 Å². The number of imidazole rings is 1. The maximum Gasteiger partial charge on any atom is 0.397 e. The lowest BCUT2D eigenvalue weighted by atomic mass is 10.1. The number of nitrogens with one attached hydrogen (secondary N) is 1. The molecule has 6 rings (SSSR count). The number of aromatic amines is 1. The van der Waals surface area contributed by atoms with Gasteiger partial charge >= 0.3 is 6.18 Å². The molecular weight excluding hydrogens is 561 g/mol. The van der Waals surface area contributed by atoms with Crippen molar-refractivity contribution >= 4 is 22.8 Å². The fraction of sp³-hybridized carbons (Fsp3) is 0.433. The average molecular weight is 595 g/mol. The van der Waals surface area contributed by atoms with E-state index in [-0.39, 0.29) is 19.1 Å². The molecule has 1 atom stereocenters. The van der Waals surface area contributed by atoms with Crippen LogP contribution in [0.25, 0.3) is 22.3 Å². The first-order valence-electron chi connectivity index (χ1n) is 14.3. The number of rotatable bonds is 8. The summed E-state index contributed by atoms with van der Waals surface area (Å²) in [6, 6.07) is 9.96. The number of fused-ring (bicyclic) bond motifs is 1. The first-order valence-corrected chi connectivity index (χ1v) is 14.3. The minimum atomic E-state index is -4.49. The lowest BCUT2D eigenvalue weighted by Gasteiger charge is -2.38. The van der Waals surface area contributed by atoms with Gasteiger partial charge in [-0.25, -0.2) is 15.0 Å². The van der Waals surface area contributed by atoms with E-state index >= 15 is 0 Å². The number of H-pyrrole nitrogens is 1. The Labute approximate surface area is 246 Å². The first-order chi connectivity index (χ1) is 20.7. The highest BCUT2D eigenvalue weighted by Gasteiger charge is 2.35. The number of methoxy groups -OCH3 is 1. The topological polar surface area (TPSA) is 103 Å². The van der Waals surface area contributed by atoms with E-state index in [0.29, 0.717) is 25.3 Å². The summed E-state index contributed by atoms with van der Waals surface area (Å²) >= 11 is 0. The van der Waals surface area contributed by atoms with Crippen LogP contribution in [0.2, 0.25) is 0 Å². The quantitative estimate of drug-likeness (QED) is 0.321. The minimum Gasteiger partial charge on any atom is -0.491 e. The third-order valence-electron chi connectivity index (χ3n) is 8.19. The summed E-state index contributed by atoms with van der Waals surface area (Å²) in [5.74, 6) is 1.38. The van der Waals surface area contributed by atoms with Crippen LogP contribution >= 0.6 is 0 Å². The summed E-state index contributed by atoms with van der Waals surface area (Å²) in [5, 5.41) is 0. The molecule has 0 bridgehead atoms. The predicted molar refractivity (Wildman–Crippen MR) is 155 cm³/mol. The van der Waals surface area contributed by atoms with Crippen molar-refractivity contribution in [1.82, 2.24) is 34.7 Å². The van der Waals surface area contributed by atoms with Crippen LogP contribution in [0, 0.1) is 0 Å². The number of carbonyl (C=O) groups excluding carboxylic acids is 1. The van der Waals surface area contributed by atoms with E-state index in [9.17, 15) is 18.0 Å². The van der Waals surface area contributed by atoms with Gasteiger partial charge in [-0.05, 0) is 43.2 Å². The van der Waals surface area contributed by atoms with Gasteiger partial charge in [0.15, 0.2) is 11.6 Å². The Morgan fingerprint density at radius 3 is 2.53 bits per heavy atom. The number of piperazine rings is 1. The van der Waals surface area contributed by atoms with Gasteiger partial charge in [0.05, 0.1) is 18.1 Å². The first kappa shape index (κ1) is 28.8. The van der Waals surface area contributed by atoms with Crippen molar-refractivity contribution in [2.24, 2.45) is 0 Å². The molecule has 13 heteroatoms. The van der Waals surface area contributed by atoms with Crippen LogP contribution in [0.4, 0.5) is 19.0 Å². The number of aromatic nitrogens is 5. The van der Waals surface area contributed by atoms with Crippen LogP contribution in [0.1, 0.15) is 42.9 Å². The molecule has 1 aromatic carbocycles. The summed E-state index contributed by atoms with van der Waals surface area (Å²) in [5.41, 5.74) is 5.23. The van der Waals surface area contributed by atoms with Gasteiger partial charge in [0.2, 0.25) is 5.91 Å². The van der Waals surface area contributed by atoms with E-state index in [2.05, 4.69) is 36.7 Å². The highest BCUT2D eigenvalue weighted by atomic mass is 19.4. The molecule has 10 nitrogen and oxygen atoms in total. The third kappa shape index (κ3) is 6.26. The van der Waals surface area contributed by atoms with Crippen molar-refractivity contribution in [1.29, 1.82) is 0 Å². The van der Waals surface area contributed by atoms with Gasteiger partial charge in [-0.15, -0.1) is 0 Å². The molecule has 2 saturated heterocycles. The van der Waals surface area contributed by atoms with E-state index < -0.39 is 18.5 Å². The fourth-order valence-corrected chi connectivity index (χ4v) is 5.68. The second-order valence-corrected chi connectivity index (χ2v) is 11.0. The van der Waals surface area contributed by atoms with Crippen molar-refractivity contribution in [3.05, 3.63) is 59.9 Å². The maximum absolute atomic E-state index is 12.6. The molecule has 1 N–H and O–H groups in total. The predicted octanol–water partition coefficient (Wildman–Crippen LogP) is 4.38. The Kier molecular flexibility index (Phi) is 7.91. The van der Waals surface area contributed by atoms with Gasteiger partial charge in [0.1, 0.15) is 24.3 Å². The average Bonchev–Trinajstić information content (AvgIpc) is 3.36. The molecule has 3 aromatic heterocycles. The Morgan fingerprint density at radius 1 is 1.05 bits per heavy atom. The molecule has 0 aliphatic carbocycles. The lowest BCUT2D eigenvalue weighted by molar-refractivity contribution is -0.162. The number of carbonyl (C=O) groups is 1. The zero-order valence-corrected chi connectivity index (χ0v) is 24.1. The fourth-order valence-electron chi connectivity index (χ4n) is 5.68. The van der Waals surface area contributed by atoms with Gasteiger partial charge < -0.3 is 19.5 Å². The molecule has 2 aliphatic heterocycles. The Hall–Kier alpha value is -4.26. The standard InChI is InChI=1S/C30H33F3N8O2/c1-19(39-10-12-40(13-11-39)26(42)17-30(31,32)33)20-6-7-34-22(14-20)16-25-37-23-5-4-21(15-24(23)38-25)27-28(43-2)29(36-18-35-27)41-8-3-9-41/h4-7,14-15,18-19H,3,8-13,16-17H2,1-2H3,(H,37,38). The number of ether oxygens (including phenoxy) is 1. The molecule has 1 unspecified atom stereocenters. The normalized spacial score (nSPS) is 16.8. The molecule has 1 amide bonds. The highest BCUT2D eigenvalue weighted by Crippen LogP contribution is 2.37. The Bertz CT molecular complexity index is 1610. The molecule has 43 heavy (non-hydrogen) atoms. The van der Waals surface area contributed by atoms with Crippen LogP contribution in [0.3, 0.4) is 0 Å². The van der Waals surface area contributed by atoms with Gasteiger partial charge in [-0.2, -0.15) is 13.2 Å². The second kappa shape index (κ2) is 11.8. The molecule has 5 heterocycles. The van der Waals surface area contributed by atoms with Crippen LogP contribution in [-0.2, 0) is 11.2 Å². The molecular formula is C30H33F3N8O2. The highest BCUT2D eigenvalue weighted by molar-refractivity contribution is 5.84. The van der Waals surface area contributed by atoms with E-state index in [1.165, 1.54) is 4.90 Å². The van der Waals surface area contributed by atoms with Crippen molar-refractivity contribution in [3.8, 4) is 17.0 Å².